The zero-order valence-corrected chi connectivity index (χ0v) is 19.8. The Kier molecular flexibility index (Phi) is 5.92. The van der Waals surface area contributed by atoms with E-state index in [9.17, 15) is 4.79 Å². The second-order valence-electron chi connectivity index (χ2n) is 7.20. The molecule has 0 atom stereocenters. The summed E-state index contributed by atoms with van der Waals surface area (Å²) < 4.78 is 2.45. The van der Waals surface area contributed by atoms with E-state index in [1.807, 2.05) is 67.6 Å². The number of rotatable bonds is 4. The molecule has 0 saturated carbocycles. The maximum absolute atomic E-state index is 12.8. The fourth-order valence-electron chi connectivity index (χ4n) is 3.36. The molecule has 3 aromatic rings. The third-order valence-corrected chi connectivity index (χ3v) is 7.44. The van der Waals surface area contributed by atoms with Gasteiger partial charge in [-0.15, -0.1) is 5.10 Å². The van der Waals surface area contributed by atoms with Gasteiger partial charge in [-0.25, -0.2) is 4.68 Å². The van der Waals surface area contributed by atoms with Gasteiger partial charge in [-0.2, -0.15) is 15.1 Å². The summed E-state index contributed by atoms with van der Waals surface area (Å²) in [5.41, 5.74) is 3.47. The molecule has 0 aliphatic carbocycles. The van der Waals surface area contributed by atoms with Crippen molar-refractivity contribution in [2.75, 3.05) is 0 Å². The van der Waals surface area contributed by atoms with Crippen LogP contribution in [0.25, 0.3) is 11.8 Å². The van der Waals surface area contributed by atoms with Crippen molar-refractivity contribution >= 4 is 62.5 Å². The van der Waals surface area contributed by atoms with E-state index in [-0.39, 0.29) is 16.6 Å². The van der Waals surface area contributed by atoms with Crippen LogP contribution in [0.3, 0.4) is 0 Å². The first kappa shape index (κ1) is 21.7. The van der Waals surface area contributed by atoms with Crippen molar-refractivity contribution in [3.8, 4) is 5.69 Å². The van der Waals surface area contributed by atoms with E-state index in [0.717, 1.165) is 21.5 Å². The molecule has 33 heavy (non-hydrogen) atoms. The summed E-state index contributed by atoms with van der Waals surface area (Å²) in [5, 5.41) is 19.5. The third kappa shape index (κ3) is 4.27. The standard InChI is InChI=1S/C23H17ClN6OS2/c1-14-17(19(24)27-29(14)16-10-6-3-7-11-16)12-18-20(25)30-22(26-21(18)31)33-23(28-30)32-13-15-8-4-2-5-9-15/h2-12,25H,13H2,1H3/b18-12-,25-20?. The lowest BCUT2D eigenvalue weighted by Gasteiger charge is -2.20. The van der Waals surface area contributed by atoms with Crippen molar-refractivity contribution in [2.24, 2.45) is 10.1 Å². The number of fused-ring (bicyclic) bond motifs is 1. The minimum absolute atomic E-state index is 0.0317. The van der Waals surface area contributed by atoms with Crippen LogP contribution in [0.5, 0.6) is 0 Å². The summed E-state index contributed by atoms with van der Waals surface area (Å²) >= 11 is 9.25. The van der Waals surface area contributed by atoms with Gasteiger partial charge in [0.25, 0.3) is 5.91 Å². The number of aliphatic imine (C=N–C) groups is 1. The minimum atomic E-state index is -0.494. The van der Waals surface area contributed by atoms with E-state index in [0.29, 0.717) is 10.7 Å². The van der Waals surface area contributed by atoms with Gasteiger partial charge in [0.1, 0.15) is 0 Å². The molecule has 2 aromatic carbocycles. The Labute approximate surface area is 203 Å². The number of amidine groups is 2. The number of amides is 1. The van der Waals surface area contributed by atoms with Gasteiger partial charge in [-0.05, 0) is 42.5 Å². The molecule has 2 aliphatic rings. The lowest BCUT2D eigenvalue weighted by Crippen LogP contribution is -2.35. The minimum Gasteiger partial charge on any atom is -0.282 e. The SMILES string of the molecule is Cc1c(/C=C2/C(=N)N3N=C(SCc4ccccc4)SC3=NC2=O)c(Cl)nn1-c1ccccc1. The first-order valence-electron chi connectivity index (χ1n) is 9.99. The quantitative estimate of drug-likeness (QED) is 0.496. The average molecular weight is 493 g/mol. The molecular weight excluding hydrogens is 476 g/mol. The van der Waals surface area contributed by atoms with Crippen LogP contribution < -0.4 is 0 Å². The Hall–Kier alpha value is -3.14. The van der Waals surface area contributed by atoms with Crippen molar-refractivity contribution in [3.05, 3.63) is 88.2 Å². The number of aromatic nitrogens is 2. The van der Waals surface area contributed by atoms with E-state index in [4.69, 9.17) is 17.0 Å². The summed E-state index contributed by atoms with van der Waals surface area (Å²) in [6, 6.07) is 19.6. The highest BCUT2D eigenvalue weighted by atomic mass is 35.5. The molecule has 0 radical (unpaired) electrons. The first-order valence-corrected chi connectivity index (χ1v) is 12.2. The molecule has 1 amide bonds. The third-order valence-electron chi connectivity index (χ3n) is 5.05. The van der Waals surface area contributed by atoms with E-state index in [1.165, 1.54) is 22.3 Å². The molecule has 0 unspecified atom stereocenters. The second kappa shape index (κ2) is 9.01. The first-order chi connectivity index (χ1) is 16.0. The molecule has 7 nitrogen and oxygen atoms in total. The van der Waals surface area contributed by atoms with Crippen LogP contribution in [0.4, 0.5) is 0 Å². The maximum atomic E-state index is 12.8. The molecule has 0 bridgehead atoms. The molecule has 5 rings (SSSR count). The van der Waals surface area contributed by atoms with Crippen LogP contribution in [-0.2, 0) is 10.5 Å². The van der Waals surface area contributed by atoms with E-state index >= 15 is 0 Å². The van der Waals surface area contributed by atoms with Crippen LogP contribution in [-0.4, -0.2) is 36.1 Å². The van der Waals surface area contributed by atoms with E-state index < -0.39 is 5.91 Å². The lowest BCUT2D eigenvalue weighted by molar-refractivity contribution is -0.114. The van der Waals surface area contributed by atoms with Crippen molar-refractivity contribution in [2.45, 2.75) is 12.7 Å². The van der Waals surface area contributed by atoms with Gasteiger partial charge in [0.15, 0.2) is 15.4 Å². The zero-order chi connectivity index (χ0) is 22.9. The monoisotopic (exact) mass is 492 g/mol. The number of halogens is 1. The average Bonchev–Trinajstić information content (AvgIpc) is 3.37. The Morgan fingerprint density at radius 1 is 1.12 bits per heavy atom. The summed E-state index contributed by atoms with van der Waals surface area (Å²) in [6.07, 6.45) is 1.57. The van der Waals surface area contributed by atoms with E-state index in [1.54, 1.807) is 22.5 Å². The Bertz CT molecular complexity index is 1350. The molecule has 0 saturated heterocycles. The molecule has 0 fully saturated rings. The van der Waals surface area contributed by atoms with Gasteiger partial charge in [0.05, 0.1) is 11.3 Å². The number of nitrogens with zero attached hydrogens (tertiary/aromatic N) is 5. The van der Waals surface area contributed by atoms with Gasteiger partial charge < -0.3 is 0 Å². The predicted molar refractivity (Wildman–Crippen MR) is 136 cm³/mol. The topological polar surface area (TPSA) is 86.7 Å². The largest absolute Gasteiger partial charge is 0.283 e. The summed E-state index contributed by atoms with van der Waals surface area (Å²) in [5.74, 6) is 0.215. The number of carbonyl (C=O) groups is 1. The molecule has 1 N–H and O–H groups in total. The highest BCUT2D eigenvalue weighted by molar-refractivity contribution is 8.45. The highest BCUT2D eigenvalue weighted by Crippen LogP contribution is 2.34. The van der Waals surface area contributed by atoms with Gasteiger partial charge in [0, 0.05) is 17.0 Å². The van der Waals surface area contributed by atoms with Crippen LogP contribution >= 0.6 is 35.1 Å². The number of hydrogen-bond donors (Lipinski definition) is 1. The Morgan fingerprint density at radius 3 is 2.55 bits per heavy atom. The number of benzene rings is 2. The van der Waals surface area contributed by atoms with E-state index in [2.05, 4.69) is 15.2 Å². The molecule has 1 aromatic heterocycles. The summed E-state index contributed by atoms with van der Waals surface area (Å²) in [4.78, 5) is 16.9. The van der Waals surface area contributed by atoms with Crippen LogP contribution in [0.15, 0.2) is 76.3 Å². The van der Waals surface area contributed by atoms with Crippen LogP contribution in [0, 0.1) is 12.3 Å². The number of nitrogens with one attached hydrogen (secondary N) is 1. The Balaban J connectivity index is 1.41. The zero-order valence-electron chi connectivity index (χ0n) is 17.4. The fraction of sp³-hybridized carbons (Fsp3) is 0.0870. The van der Waals surface area contributed by atoms with Crippen molar-refractivity contribution in [1.82, 2.24) is 14.8 Å². The van der Waals surface area contributed by atoms with Gasteiger partial charge in [-0.3, -0.25) is 10.2 Å². The number of para-hydroxylation sites is 1. The lowest BCUT2D eigenvalue weighted by atomic mass is 10.1. The van der Waals surface area contributed by atoms with Crippen molar-refractivity contribution < 1.29 is 4.79 Å². The number of carbonyl (C=O) groups excluding carboxylic acids is 1. The highest BCUT2D eigenvalue weighted by Gasteiger charge is 2.36. The van der Waals surface area contributed by atoms with Gasteiger partial charge in [-0.1, -0.05) is 71.9 Å². The smallest absolute Gasteiger partial charge is 0.282 e. The molecule has 2 aliphatic heterocycles. The Morgan fingerprint density at radius 2 is 1.82 bits per heavy atom. The fourth-order valence-corrected chi connectivity index (χ4v) is 5.51. The molecule has 164 valence electrons. The van der Waals surface area contributed by atoms with Crippen LogP contribution in [0.1, 0.15) is 16.8 Å². The maximum Gasteiger partial charge on any atom is 0.283 e. The van der Waals surface area contributed by atoms with Crippen molar-refractivity contribution in [1.29, 1.82) is 5.41 Å². The van der Waals surface area contributed by atoms with Crippen molar-refractivity contribution in [3.63, 3.8) is 0 Å². The van der Waals surface area contributed by atoms with Gasteiger partial charge in [0.2, 0.25) is 5.17 Å². The molecule has 3 heterocycles. The van der Waals surface area contributed by atoms with Gasteiger partial charge >= 0.3 is 0 Å². The summed E-state index contributed by atoms with van der Waals surface area (Å²) in [7, 11) is 0. The normalized spacial score (nSPS) is 16.8. The van der Waals surface area contributed by atoms with Crippen LogP contribution in [0.2, 0.25) is 5.15 Å². The molecule has 0 spiro atoms. The number of hydrogen-bond acceptors (Lipinski definition) is 6. The summed E-state index contributed by atoms with van der Waals surface area (Å²) in [6.45, 7) is 1.87. The number of hydrazone groups is 1. The molecule has 10 heteroatoms. The second-order valence-corrected chi connectivity index (χ2v) is 9.73. The number of thioether (sulfide) groups is 2. The molecular formula is C23H17ClN6OS2. The predicted octanol–water partition coefficient (Wildman–Crippen LogP) is 5.34.